The van der Waals surface area contributed by atoms with Gasteiger partial charge < -0.3 is 9.52 Å². The van der Waals surface area contributed by atoms with Crippen LogP contribution in [0.1, 0.15) is 52.7 Å². The molecule has 108 valence electrons. The average molecular weight is 268 g/mol. The molecular formula is C14H24N2O3. The van der Waals surface area contributed by atoms with Crippen molar-refractivity contribution in [1.82, 2.24) is 9.88 Å². The maximum Gasteiger partial charge on any atom is 0.317 e. The standard InChI is InChI=1S/C14H24N2O3/c1-6-10(2)16(9-13(17)18)8-12-15-7-11(19-12)14(3,4)5/h7,10H,6,8-9H2,1-5H3,(H,17,18). The molecule has 0 aliphatic heterocycles. The lowest BCUT2D eigenvalue weighted by molar-refractivity contribution is -0.139. The molecule has 5 nitrogen and oxygen atoms in total. The first-order valence-corrected chi connectivity index (χ1v) is 6.65. The first-order chi connectivity index (χ1) is 8.74. The second-order valence-electron chi connectivity index (χ2n) is 5.92. The Morgan fingerprint density at radius 1 is 1.53 bits per heavy atom. The number of aliphatic carboxylic acids is 1. The van der Waals surface area contributed by atoms with Gasteiger partial charge in [0.15, 0.2) is 0 Å². The lowest BCUT2D eigenvalue weighted by Crippen LogP contribution is -2.36. The number of carboxylic acid groups (broad SMARTS) is 1. The van der Waals surface area contributed by atoms with Crippen molar-refractivity contribution in [2.75, 3.05) is 6.54 Å². The lowest BCUT2D eigenvalue weighted by atomic mass is 9.94. The van der Waals surface area contributed by atoms with Crippen molar-refractivity contribution < 1.29 is 14.3 Å². The SMILES string of the molecule is CCC(C)N(CC(=O)O)Cc1ncc(C(C)(C)C)o1. The molecule has 1 atom stereocenters. The third-order valence-electron chi connectivity index (χ3n) is 3.18. The van der Waals surface area contributed by atoms with Crippen molar-refractivity contribution in [3.05, 3.63) is 17.8 Å². The van der Waals surface area contributed by atoms with Gasteiger partial charge in [0, 0.05) is 11.5 Å². The van der Waals surface area contributed by atoms with Gasteiger partial charge >= 0.3 is 5.97 Å². The van der Waals surface area contributed by atoms with Crippen molar-refractivity contribution >= 4 is 5.97 Å². The Bertz CT molecular complexity index is 421. The summed E-state index contributed by atoms with van der Waals surface area (Å²) in [5, 5.41) is 8.95. The minimum atomic E-state index is -0.831. The zero-order valence-electron chi connectivity index (χ0n) is 12.4. The maximum absolute atomic E-state index is 10.9. The van der Waals surface area contributed by atoms with E-state index in [4.69, 9.17) is 9.52 Å². The summed E-state index contributed by atoms with van der Waals surface area (Å²) in [6, 6.07) is 0.182. The highest BCUT2D eigenvalue weighted by Crippen LogP contribution is 2.23. The summed E-state index contributed by atoms with van der Waals surface area (Å²) in [6.45, 7) is 10.6. The van der Waals surface area contributed by atoms with Gasteiger partial charge in [-0.15, -0.1) is 0 Å². The average Bonchev–Trinajstić information content (AvgIpc) is 2.74. The van der Waals surface area contributed by atoms with Crippen LogP contribution in [0.5, 0.6) is 0 Å². The molecule has 0 bridgehead atoms. The fourth-order valence-corrected chi connectivity index (χ4v) is 1.70. The largest absolute Gasteiger partial charge is 0.480 e. The van der Waals surface area contributed by atoms with E-state index in [1.807, 2.05) is 18.7 Å². The molecule has 0 fully saturated rings. The quantitative estimate of drug-likeness (QED) is 0.859. The number of rotatable bonds is 6. The van der Waals surface area contributed by atoms with Crippen LogP contribution in [-0.2, 0) is 16.8 Å². The van der Waals surface area contributed by atoms with Gasteiger partial charge in [-0.2, -0.15) is 0 Å². The number of hydrogen-bond donors (Lipinski definition) is 1. The van der Waals surface area contributed by atoms with Gasteiger partial charge in [0.25, 0.3) is 0 Å². The van der Waals surface area contributed by atoms with E-state index in [1.165, 1.54) is 0 Å². The van der Waals surface area contributed by atoms with Crippen molar-refractivity contribution in [3.8, 4) is 0 Å². The second kappa shape index (κ2) is 6.19. The Balaban J connectivity index is 2.79. The Kier molecular flexibility index (Phi) is 5.11. The van der Waals surface area contributed by atoms with Gasteiger partial charge in [0.2, 0.25) is 5.89 Å². The van der Waals surface area contributed by atoms with Gasteiger partial charge in [-0.3, -0.25) is 9.69 Å². The zero-order valence-corrected chi connectivity index (χ0v) is 12.4. The van der Waals surface area contributed by atoms with Crippen LogP contribution in [0, 0.1) is 0 Å². The third-order valence-corrected chi connectivity index (χ3v) is 3.18. The molecule has 1 unspecified atom stereocenters. The van der Waals surface area contributed by atoms with Crippen LogP contribution in [0.25, 0.3) is 0 Å². The van der Waals surface area contributed by atoms with Crippen molar-refractivity contribution in [1.29, 1.82) is 0 Å². The molecule has 0 saturated carbocycles. The molecule has 19 heavy (non-hydrogen) atoms. The molecule has 0 aromatic carbocycles. The van der Waals surface area contributed by atoms with E-state index in [9.17, 15) is 4.79 Å². The molecule has 1 N–H and O–H groups in total. The van der Waals surface area contributed by atoms with E-state index in [1.54, 1.807) is 6.20 Å². The summed E-state index contributed by atoms with van der Waals surface area (Å²) in [6.07, 6.45) is 2.62. The Labute approximate surface area is 114 Å². The lowest BCUT2D eigenvalue weighted by Gasteiger charge is -2.25. The number of oxazole rings is 1. The summed E-state index contributed by atoms with van der Waals surface area (Å²) >= 11 is 0. The van der Waals surface area contributed by atoms with Crippen molar-refractivity contribution in [2.24, 2.45) is 0 Å². The number of nitrogens with zero attached hydrogens (tertiary/aromatic N) is 2. The maximum atomic E-state index is 10.9. The molecular weight excluding hydrogens is 244 g/mol. The predicted molar refractivity (Wildman–Crippen MR) is 73.0 cm³/mol. The van der Waals surface area contributed by atoms with Gasteiger partial charge in [-0.1, -0.05) is 27.7 Å². The smallest absolute Gasteiger partial charge is 0.317 e. The van der Waals surface area contributed by atoms with E-state index in [0.29, 0.717) is 12.4 Å². The van der Waals surface area contributed by atoms with Crippen LogP contribution in [0.3, 0.4) is 0 Å². The van der Waals surface area contributed by atoms with Gasteiger partial charge in [0.05, 0.1) is 19.3 Å². The number of hydrogen-bond acceptors (Lipinski definition) is 4. The molecule has 0 aliphatic carbocycles. The highest BCUT2D eigenvalue weighted by atomic mass is 16.4. The molecule has 0 amide bonds. The number of carbonyl (C=O) groups is 1. The molecule has 1 rings (SSSR count). The van der Waals surface area contributed by atoms with E-state index in [2.05, 4.69) is 25.8 Å². The van der Waals surface area contributed by atoms with Crippen LogP contribution >= 0.6 is 0 Å². The molecule has 1 heterocycles. The highest BCUT2D eigenvalue weighted by molar-refractivity contribution is 5.69. The summed E-state index contributed by atoms with van der Waals surface area (Å²) in [7, 11) is 0. The van der Waals surface area contributed by atoms with Crippen LogP contribution in [0.4, 0.5) is 0 Å². The third kappa shape index (κ3) is 4.67. The molecule has 0 aliphatic rings. The number of aromatic nitrogens is 1. The van der Waals surface area contributed by atoms with Crippen molar-refractivity contribution in [3.63, 3.8) is 0 Å². The zero-order chi connectivity index (χ0) is 14.6. The molecule has 1 aromatic rings. The Hall–Kier alpha value is -1.36. The summed E-state index contributed by atoms with van der Waals surface area (Å²) in [4.78, 5) is 17.0. The van der Waals surface area contributed by atoms with E-state index < -0.39 is 5.97 Å². The normalized spacial score (nSPS) is 13.8. The fraction of sp³-hybridized carbons (Fsp3) is 0.714. The van der Waals surface area contributed by atoms with Gasteiger partial charge in [-0.05, 0) is 13.3 Å². The Morgan fingerprint density at radius 2 is 2.16 bits per heavy atom. The molecule has 0 spiro atoms. The summed E-state index contributed by atoms with van der Waals surface area (Å²) in [5.74, 6) is 0.566. The van der Waals surface area contributed by atoms with Crippen LogP contribution in [0.15, 0.2) is 10.6 Å². The molecule has 0 saturated heterocycles. The fourth-order valence-electron chi connectivity index (χ4n) is 1.70. The minimum absolute atomic E-state index is 0.00222. The predicted octanol–water partition coefficient (Wildman–Crippen LogP) is 2.66. The topological polar surface area (TPSA) is 66.6 Å². The van der Waals surface area contributed by atoms with Crippen LogP contribution in [0.2, 0.25) is 0 Å². The monoisotopic (exact) mass is 268 g/mol. The minimum Gasteiger partial charge on any atom is -0.480 e. The van der Waals surface area contributed by atoms with E-state index in [-0.39, 0.29) is 18.0 Å². The molecule has 5 heteroatoms. The Morgan fingerprint density at radius 3 is 2.58 bits per heavy atom. The van der Waals surface area contributed by atoms with Crippen LogP contribution < -0.4 is 0 Å². The first-order valence-electron chi connectivity index (χ1n) is 6.65. The summed E-state index contributed by atoms with van der Waals surface area (Å²) < 4.78 is 5.71. The molecule has 0 radical (unpaired) electrons. The summed E-state index contributed by atoms with van der Waals surface area (Å²) in [5.41, 5.74) is -0.0841. The van der Waals surface area contributed by atoms with Crippen molar-refractivity contribution in [2.45, 2.75) is 59.0 Å². The highest BCUT2D eigenvalue weighted by Gasteiger charge is 2.22. The number of carboxylic acids is 1. The van der Waals surface area contributed by atoms with Gasteiger partial charge in [-0.25, -0.2) is 4.98 Å². The van der Waals surface area contributed by atoms with Gasteiger partial charge in [0.1, 0.15) is 5.76 Å². The van der Waals surface area contributed by atoms with E-state index >= 15 is 0 Å². The first kappa shape index (κ1) is 15.7. The molecule has 1 aromatic heterocycles. The second-order valence-corrected chi connectivity index (χ2v) is 5.92. The van der Waals surface area contributed by atoms with E-state index in [0.717, 1.165) is 12.2 Å². The van der Waals surface area contributed by atoms with Crippen LogP contribution in [-0.4, -0.2) is 33.5 Å².